The van der Waals surface area contributed by atoms with Crippen molar-refractivity contribution in [1.82, 2.24) is 0 Å². The van der Waals surface area contributed by atoms with E-state index < -0.39 is 17.6 Å². The van der Waals surface area contributed by atoms with Gasteiger partial charge in [-0.25, -0.2) is 0 Å². The summed E-state index contributed by atoms with van der Waals surface area (Å²) in [6, 6.07) is 0. The summed E-state index contributed by atoms with van der Waals surface area (Å²) < 4.78 is 0. The molecule has 2 fully saturated rings. The lowest BCUT2D eigenvalue weighted by molar-refractivity contribution is -0.155. The second-order valence-electron chi connectivity index (χ2n) is 9.33. The molecule has 3 rings (SSSR count). The first-order chi connectivity index (χ1) is 11.2. The average molecular weight is 338 g/mol. The number of aliphatic hydroxyl groups is 4. The molecule has 0 spiro atoms. The van der Waals surface area contributed by atoms with Gasteiger partial charge in [-0.1, -0.05) is 32.4 Å². The Balaban J connectivity index is 1.94. The van der Waals surface area contributed by atoms with E-state index in [4.69, 9.17) is 0 Å². The van der Waals surface area contributed by atoms with Crippen LogP contribution >= 0.6 is 0 Å². The molecule has 138 valence electrons. The van der Waals surface area contributed by atoms with Crippen molar-refractivity contribution >= 4 is 0 Å². The Labute approximate surface area is 145 Å². The van der Waals surface area contributed by atoms with Gasteiger partial charge >= 0.3 is 0 Å². The van der Waals surface area contributed by atoms with Gasteiger partial charge in [0.15, 0.2) is 0 Å². The van der Waals surface area contributed by atoms with Crippen molar-refractivity contribution < 1.29 is 20.4 Å². The fraction of sp³-hybridized carbons (Fsp3) is 0.900. The maximum atomic E-state index is 10.5. The molecular weight excluding hydrogens is 304 g/mol. The SMILES string of the molecule is C[C@]1(CO)[C@H]2CCC3=C[C@@](C)([C@H](O)CO)CC[C@H]3[C@]2(C)CC[C@H]1O. The first-order valence-corrected chi connectivity index (χ1v) is 9.51. The molecule has 0 unspecified atom stereocenters. The van der Waals surface area contributed by atoms with Crippen LogP contribution < -0.4 is 0 Å². The standard InChI is InChI=1S/C20H34O4/c1-18(17(24)11-21)8-6-14-13(10-18)4-5-15-19(14,2)9-7-16(23)20(15,3)12-22/h10,14-17,21-24H,4-9,11-12H2,1-3H3/t14-,15+,16-,17-,18+,19+,20+/m1/s1. The van der Waals surface area contributed by atoms with Crippen LogP contribution in [0, 0.1) is 28.1 Å². The normalized spacial score (nSPS) is 49.8. The molecule has 0 heterocycles. The summed E-state index contributed by atoms with van der Waals surface area (Å²) in [5, 5.41) is 40.2. The number of fused-ring (bicyclic) bond motifs is 3. The molecule has 0 aliphatic heterocycles. The Morgan fingerprint density at radius 1 is 1.12 bits per heavy atom. The van der Waals surface area contributed by atoms with Gasteiger partial charge in [0.2, 0.25) is 0 Å². The van der Waals surface area contributed by atoms with E-state index in [1.807, 2.05) is 6.92 Å². The lowest BCUT2D eigenvalue weighted by atomic mass is 9.44. The van der Waals surface area contributed by atoms with E-state index in [-0.39, 0.29) is 24.0 Å². The van der Waals surface area contributed by atoms with Crippen LogP contribution in [0.3, 0.4) is 0 Å². The predicted molar refractivity (Wildman–Crippen MR) is 93.3 cm³/mol. The monoisotopic (exact) mass is 338 g/mol. The Morgan fingerprint density at radius 3 is 2.46 bits per heavy atom. The fourth-order valence-corrected chi connectivity index (χ4v) is 6.25. The number of rotatable bonds is 3. The average Bonchev–Trinajstić information content (AvgIpc) is 2.57. The summed E-state index contributed by atoms with van der Waals surface area (Å²) in [6.07, 6.45) is 6.72. The van der Waals surface area contributed by atoms with Gasteiger partial charge in [-0.2, -0.15) is 0 Å². The quantitative estimate of drug-likeness (QED) is 0.595. The summed E-state index contributed by atoms with van der Waals surface area (Å²) in [4.78, 5) is 0. The smallest absolute Gasteiger partial charge is 0.0858 e. The lowest BCUT2D eigenvalue weighted by Gasteiger charge is -2.61. The van der Waals surface area contributed by atoms with Crippen molar-refractivity contribution in [2.75, 3.05) is 13.2 Å². The van der Waals surface area contributed by atoms with E-state index in [1.165, 1.54) is 5.57 Å². The molecule has 0 radical (unpaired) electrons. The highest BCUT2D eigenvalue weighted by Gasteiger charge is 2.58. The van der Waals surface area contributed by atoms with E-state index in [9.17, 15) is 20.4 Å². The summed E-state index contributed by atoms with van der Waals surface area (Å²) in [5.41, 5.74) is 0.778. The third kappa shape index (κ3) is 2.49. The molecule has 4 heteroatoms. The number of hydrogen-bond acceptors (Lipinski definition) is 4. The molecule has 0 aromatic heterocycles. The minimum atomic E-state index is -0.702. The molecule has 4 nitrogen and oxygen atoms in total. The van der Waals surface area contributed by atoms with Crippen molar-refractivity contribution in [3.8, 4) is 0 Å². The highest BCUT2D eigenvalue weighted by atomic mass is 16.3. The molecule has 0 aromatic rings. The van der Waals surface area contributed by atoms with E-state index in [0.717, 1.165) is 38.5 Å². The van der Waals surface area contributed by atoms with Crippen LogP contribution in [0.25, 0.3) is 0 Å². The maximum absolute atomic E-state index is 10.5. The maximum Gasteiger partial charge on any atom is 0.0858 e. The van der Waals surface area contributed by atoms with Crippen LogP contribution in [0.4, 0.5) is 0 Å². The van der Waals surface area contributed by atoms with Crippen molar-refractivity contribution in [2.24, 2.45) is 28.1 Å². The molecule has 3 aliphatic carbocycles. The molecule has 0 bridgehead atoms. The van der Waals surface area contributed by atoms with Gasteiger partial charge in [0.25, 0.3) is 0 Å². The first kappa shape index (κ1) is 18.4. The van der Waals surface area contributed by atoms with Gasteiger partial charge in [-0.05, 0) is 55.8 Å². The van der Waals surface area contributed by atoms with Gasteiger partial charge in [0.05, 0.1) is 25.4 Å². The summed E-state index contributed by atoms with van der Waals surface area (Å²) in [7, 11) is 0. The molecule has 4 N–H and O–H groups in total. The fourth-order valence-electron chi connectivity index (χ4n) is 6.25. The zero-order valence-corrected chi connectivity index (χ0v) is 15.3. The van der Waals surface area contributed by atoms with Crippen LogP contribution in [0.1, 0.15) is 59.3 Å². The van der Waals surface area contributed by atoms with E-state index in [0.29, 0.717) is 11.8 Å². The zero-order valence-electron chi connectivity index (χ0n) is 15.3. The third-order valence-electron chi connectivity index (χ3n) is 8.04. The van der Waals surface area contributed by atoms with Crippen LogP contribution in [0.2, 0.25) is 0 Å². The second-order valence-corrected chi connectivity index (χ2v) is 9.33. The van der Waals surface area contributed by atoms with Crippen molar-refractivity contribution in [3.63, 3.8) is 0 Å². The Morgan fingerprint density at radius 2 is 1.83 bits per heavy atom. The highest BCUT2D eigenvalue weighted by molar-refractivity contribution is 5.25. The van der Waals surface area contributed by atoms with Crippen molar-refractivity contribution in [1.29, 1.82) is 0 Å². The zero-order chi connectivity index (χ0) is 17.8. The number of allylic oxidation sites excluding steroid dienone is 1. The predicted octanol–water partition coefficient (Wildman–Crippen LogP) is 2.25. The van der Waals surface area contributed by atoms with Gasteiger partial charge < -0.3 is 20.4 Å². The minimum absolute atomic E-state index is 0.0428. The van der Waals surface area contributed by atoms with E-state index in [2.05, 4.69) is 19.9 Å². The number of hydrogen-bond donors (Lipinski definition) is 4. The van der Waals surface area contributed by atoms with Gasteiger partial charge in [-0.3, -0.25) is 0 Å². The van der Waals surface area contributed by atoms with Gasteiger partial charge in [0.1, 0.15) is 0 Å². The Hall–Kier alpha value is -0.420. The minimum Gasteiger partial charge on any atom is -0.396 e. The Kier molecular flexibility index (Phi) is 4.66. The molecule has 7 atom stereocenters. The van der Waals surface area contributed by atoms with Crippen LogP contribution in [-0.2, 0) is 0 Å². The summed E-state index contributed by atoms with van der Waals surface area (Å²) in [6.45, 7) is 6.30. The molecule has 0 amide bonds. The molecule has 2 saturated carbocycles. The van der Waals surface area contributed by atoms with Gasteiger partial charge in [0, 0.05) is 10.8 Å². The molecule has 0 saturated heterocycles. The summed E-state index contributed by atoms with van der Waals surface area (Å²) in [5.74, 6) is 0.793. The third-order valence-corrected chi connectivity index (χ3v) is 8.04. The molecular formula is C20H34O4. The number of aliphatic hydroxyl groups excluding tert-OH is 4. The van der Waals surface area contributed by atoms with Crippen LogP contribution in [-0.4, -0.2) is 45.8 Å². The molecule has 24 heavy (non-hydrogen) atoms. The van der Waals surface area contributed by atoms with Crippen LogP contribution in [0.5, 0.6) is 0 Å². The largest absolute Gasteiger partial charge is 0.396 e. The van der Waals surface area contributed by atoms with E-state index in [1.54, 1.807) is 0 Å². The first-order valence-electron chi connectivity index (χ1n) is 9.51. The van der Waals surface area contributed by atoms with Crippen molar-refractivity contribution in [3.05, 3.63) is 11.6 Å². The Bertz CT molecular complexity index is 518. The van der Waals surface area contributed by atoms with E-state index >= 15 is 0 Å². The molecule has 3 aliphatic rings. The topological polar surface area (TPSA) is 80.9 Å². The molecule has 0 aromatic carbocycles. The van der Waals surface area contributed by atoms with Crippen LogP contribution in [0.15, 0.2) is 11.6 Å². The second kappa shape index (κ2) is 6.08. The lowest BCUT2D eigenvalue weighted by Crippen LogP contribution is -2.58. The van der Waals surface area contributed by atoms with Crippen molar-refractivity contribution in [2.45, 2.75) is 71.5 Å². The summed E-state index contributed by atoms with van der Waals surface area (Å²) >= 11 is 0. The van der Waals surface area contributed by atoms with Gasteiger partial charge in [-0.15, -0.1) is 0 Å². The highest BCUT2D eigenvalue weighted by Crippen LogP contribution is 2.63.